The monoisotopic (exact) mass is 655 g/mol. The first-order valence-corrected chi connectivity index (χ1v) is 14.1. The molecule has 7 rings (SSSR count). The molecule has 10 N–H and O–H groups in total. The molecular weight excluding hydrogens is 626 g/mol. The summed E-state index contributed by atoms with van der Waals surface area (Å²) in [5.41, 5.74) is 13.1. The molecule has 5 aromatic rings. The average Bonchev–Trinajstić information content (AvgIpc) is 3.89. The Labute approximate surface area is 262 Å². The first-order valence-electron chi connectivity index (χ1n) is 14.1. The van der Waals surface area contributed by atoms with E-state index in [0.717, 1.165) is 0 Å². The average molecular weight is 656 g/mol. The Kier molecular flexibility index (Phi) is 7.54. The number of hydrogen-bond donors (Lipinski definition) is 8. The lowest BCUT2D eigenvalue weighted by Crippen LogP contribution is -2.39. The molecule has 1 amide bonds. The van der Waals surface area contributed by atoms with Gasteiger partial charge in [-0.15, -0.1) is 0 Å². The molecule has 0 spiro atoms. The van der Waals surface area contributed by atoms with Gasteiger partial charge in [0, 0.05) is 13.2 Å². The van der Waals surface area contributed by atoms with Crippen LogP contribution in [-0.2, 0) is 9.47 Å². The number of hydrogen-bond acceptors (Lipinski definition) is 18. The number of nitrogens with one attached hydrogen (secondary N) is 1. The van der Waals surface area contributed by atoms with Crippen LogP contribution in [0.4, 0.5) is 11.6 Å². The zero-order chi connectivity index (χ0) is 33.1. The van der Waals surface area contributed by atoms with Gasteiger partial charge in [-0.1, -0.05) is 0 Å². The topological polar surface area (TPSA) is 315 Å². The van der Waals surface area contributed by atoms with Crippen molar-refractivity contribution in [2.75, 3.05) is 31.7 Å². The maximum absolute atomic E-state index is 12.0. The summed E-state index contributed by atoms with van der Waals surface area (Å²) < 4.78 is 21.4. The van der Waals surface area contributed by atoms with Crippen LogP contribution in [0.5, 0.6) is 6.01 Å². The van der Waals surface area contributed by atoms with Gasteiger partial charge in [0.1, 0.15) is 36.0 Å². The molecule has 0 aromatic carbocycles. The number of anilines is 2. The van der Waals surface area contributed by atoms with E-state index in [-0.39, 0.29) is 57.4 Å². The minimum absolute atomic E-state index is 0.00822. The summed E-state index contributed by atoms with van der Waals surface area (Å²) in [6, 6.07) is -0.329. The molecule has 8 atom stereocenters. The largest absolute Gasteiger partial charge is 0.454 e. The lowest BCUT2D eigenvalue weighted by Gasteiger charge is -2.20. The van der Waals surface area contributed by atoms with Crippen molar-refractivity contribution in [2.24, 2.45) is 0 Å². The molecule has 22 heteroatoms. The highest BCUT2D eigenvalue weighted by Crippen LogP contribution is 2.36. The summed E-state index contributed by atoms with van der Waals surface area (Å²) in [5, 5.41) is 58.4. The second-order valence-electron chi connectivity index (χ2n) is 10.8. The van der Waals surface area contributed by atoms with Crippen molar-refractivity contribution in [2.45, 2.75) is 49.1 Å². The van der Waals surface area contributed by atoms with Gasteiger partial charge in [0.2, 0.25) is 0 Å². The van der Waals surface area contributed by atoms with Gasteiger partial charge in [-0.05, 0) is 0 Å². The highest BCUT2D eigenvalue weighted by molar-refractivity contribution is 5.93. The lowest BCUT2D eigenvalue weighted by atomic mass is 10.1. The van der Waals surface area contributed by atoms with Crippen molar-refractivity contribution in [3.05, 3.63) is 30.6 Å². The van der Waals surface area contributed by atoms with E-state index in [2.05, 4.69) is 40.3 Å². The van der Waals surface area contributed by atoms with E-state index in [4.69, 9.17) is 25.7 Å². The maximum Gasteiger partial charge on any atom is 0.320 e. The number of aliphatic hydroxyl groups excluding tert-OH is 5. The normalized spacial score (nSPS) is 27.6. The molecule has 0 saturated carbocycles. The van der Waals surface area contributed by atoms with Crippen LogP contribution in [-0.4, -0.2) is 137 Å². The molecule has 2 saturated heterocycles. The lowest BCUT2D eigenvalue weighted by molar-refractivity contribution is -0.0513. The Hall–Kier alpha value is -5.10. The van der Waals surface area contributed by atoms with Gasteiger partial charge in [0.05, 0.1) is 37.6 Å². The highest BCUT2D eigenvalue weighted by atomic mass is 16.6. The summed E-state index contributed by atoms with van der Waals surface area (Å²) in [4.78, 5) is 37.6. The van der Waals surface area contributed by atoms with Crippen molar-refractivity contribution >= 4 is 39.9 Å². The van der Waals surface area contributed by atoms with Crippen LogP contribution in [0.1, 0.15) is 22.8 Å². The first kappa shape index (κ1) is 30.5. The zero-order valence-corrected chi connectivity index (χ0v) is 24.3. The standard InChI is InChI=1S/C25H29N13O9/c1-28-21(44)8-2-31-38(3-8)24-32-17(26)11-19(34-24)36(6-29-11)23-15(43)16(10(5-40)46-23)47-25-33-18(27)12-20(35-25)37(7-30-12)22-14(42)13(41)9(4-39)45-22/h2-3,6-7,9-10,13-16,22-23,39-43H,4-5H2,1H3,(H,28,44)(H2,26,32,34)(H2,27,33,35)/t9-,10-,13?,14+,15+,16?,22-,23-/m1/s1. The number of ether oxygens (including phenoxy) is 3. The van der Waals surface area contributed by atoms with Crippen LogP contribution in [0, 0.1) is 0 Å². The van der Waals surface area contributed by atoms with E-state index in [9.17, 15) is 30.3 Å². The third-order valence-corrected chi connectivity index (χ3v) is 7.94. The number of nitrogens with zero attached hydrogens (tertiary/aromatic N) is 10. The number of carbonyl (C=O) groups excluding carboxylic acids is 1. The number of aromatic nitrogens is 10. The molecule has 248 valence electrons. The molecule has 2 fully saturated rings. The van der Waals surface area contributed by atoms with E-state index >= 15 is 0 Å². The molecule has 7 heterocycles. The third kappa shape index (κ3) is 4.94. The van der Waals surface area contributed by atoms with Crippen LogP contribution in [0.15, 0.2) is 25.0 Å². The molecule has 0 aliphatic carbocycles. The Morgan fingerprint density at radius 3 is 2.15 bits per heavy atom. The van der Waals surface area contributed by atoms with E-state index in [1.54, 1.807) is 0 Å². The van der Waals surface area contributed by atoms with E-state index < -0.39 is 62.3 Å². The summed E-state index contributed by atoms with van der Waals surface area (Å²) in [5.74, 6) is -0.483. The summed E-state index contributed by atoms with van der Waals surface area (Å²) in [7, 11) is 1.48. The molecule has 5 aromatic heterocycles. The fraction of sp³-hybridized carbons (Fsp3) is 0.440. The Bertz CT molecular complexity index is 1960. The number of aliphatic hydroxyl groups is 5. The number of fused-ring (bicyclic) bond motifs is 2. The first-order chi connectivity index (χ1) is 22.6. The van der Waals surface area contributed by atoms with Crippen LogP contribution in [0.25, 0.3) is 28.3 Å². The predicted octanol–water partition coefficient (Wildman–Crippen LogP) is -4.01. The highest BCUT2D eigenvalue weighted by Gasteiger charge is 2.48. The predicted molar refractivity (Wildman–Crippen MR) is 154 cm³/mol. The van der Waals surface area contributed by atoms with Gasteiger partial charge in [-0.25, -0.2) is 14.6 Å². The van der Waals surface area contributed by atoms with E-state index in [0.29, 0.717) is 0 Å². The van der Waals surface area contributed by atoms with Gasteiger partial charge in [0.25, 0.3) is 11.9 Å². The minimum Gasteiger partial charge on any atom is -0.454 e. The van der Waals surface area contributed by atoms with Crippen LogP contribution >= 0.6 is 0 Å². The van der Waals surface area contributed by atoms with Crippen LogP contribution < -0.4 is 21.5 Å². The van der Waals surface area contributed by atoms with Gasteiger partial charge in [0.15, 0.2) is 47.0 Å². The van der Waals surface area contributed by atoms with Gasteiger partial charge in [-0.3, -0.25) is 13.9 Å². The van der Waals surface area contributed by atoms with Crippen molar-refractivity contribution in [3.8, 4) is 12.0 Å². The number of nitrogens with two attached hydrogens (primary N) is 2. The Morgan fingerprint density at radius 2 is 1.51 bits per heavy atom. The number of nitrogen functional groups attached to an aromatic ring is 2. The maximum atomic E-state index is 12.0. The van der Waals surface area contributed by atoms with Gasteiger partial charge in [-0.2, -0.15) is 25.0 Å². The quantitative estimate of drug-likeness (QED) is 0.0789. The Morgan fingerprint density at radius 1 is 0.894 bits per heavy atom. The number of amides is 1. The van der Waals surface area contributed by atoms with Crippen molar-refractivity contribution in [1.82, 2.24) is 54.1 Å². The minimum atomic E-state index is -1.46. The molecule has 2 aliphatic rings. The SMILES string of the molecule is CNC(=O)c1cnn(-c2nc(N)c3ncn([C@@H]4O[C@H](CO)C(Oc5nc(N)c6ncn([C@@H]7O[C@H](CO)C(O)[C@@H]7O)c6n5)[C@@H]4O)c3n2)c1. The zero-order valence-electron chi connectivity index (χ0n) is 24.3. The number of imidazole rings is 2. The van der Waals surface area contributed by atoms with Crippen molar-refractivity contribution < 1.29 is 44.5 Å². The molecule has 22 nitrogen and oxygen atoms in total. The second-order valence-corrected chi connectivity index (χ2v) is 10.8. The van der Waals surface area contributed by atoms with Crippen molar-refractivity contribution in [3.63, 3.8) is 0 Å². The molecule has 47 heavy (non-hydrogen) atoms. The second kappa shape index (κ2) is 11.6. The summed E-state index contributed by atoms with van der Waals surface area (Å²) >= 11 is 0. The summed E-state index contributed by atoms with van der Waals surface area (Å²) in [6.45, 7) is -1.12. The van der Waals surface area contributed by atoms with Gasteiger partial charge < -0.3 is 56.5 Å². The number of carbonyl (C=O) groups is 1. The fourth-order valence-electron chi connectivity index (χ4n) is 5.54. The van der Waals surface area contributed by atoms with Crippen molar-refractivity contribution in [1.29, 1.82) is 0 Å². The molecule has 2 aliphatic heterocycles. The molecule has 0 radical (unpaired) electrons. The van der Waals surface area contributed by atoms with E-state index in [1.165, 1.54) is 45.9 Å². The molecular formula is C25H29N13O9. The molecule has 2 unspecified atom stereocenters. The van der Waals surface area contributed by atoms with Gasteiger partial charge >= 0.3 is 6.01 Å². The molecule has 0 bridgehead atoms. The smallest absolute Gasteiger partial charge is 0.320 e. The third-order valence-electron chi connectivity index (χ3n) is 7.94. The number of rotatable bonds is 8. The van der Waals surface area contributed by atoms with E-state index in [1.807, 2.05) is 0 Å². The van der Waals surface area contributed by atoms with Crippen LogP contribution in [0.2, 0.25) is 0 Å². The fourth-order valence-corrected chi connectivity index (χ4v) is 5.54. The van der Waals surface area contributed by atoms with Crippen LogP contribution in [0.3, 0.4) is 0 Å². The Balaban J connectivity index is 1.19. The summed E-state index contributed by atoms with van der Waals surface area (Å²) in [6.07, 6.45) is -4.69.